The summed E-state index contributed by atoms with van der Waals surface area (Å²) in [5.41, 5.74) is -0.156. The number of nitriles is 1. The molecule has 14 aliphatic rings. The molecule has 0 radical (unpaired) electrons. The summed E-state index contributed by atoms with van der Waals surface area (Å²) in [5.74, 6) is 0.609. The van der Waals surface area contributed by atoms with Crippen LogP contribution in [-0.2, 0) is 71.5 Å². The maximum atomic E-state index is 12.0. The number of esters is 7. The van der Waals surface area contributed by atoms with E-state index in [9.17, 15) is 58.5 Å². The molecule has 11 atom stereocenters. The van der Waals surface area contributed by atoms with Crippen LogP contribution in [0.3, 0.4) is 0 Å². The molecule has 0 aromatic heterocycles. The zero-order valence-corrected chi connectivity index (χ0v) is 67.9. The number of nitrogens with zero attached hydrogens (tertiary/aromatic N) is 3. The summed E-state index contributed by atoms with van der Waals surface area (Å²) in [6, 6.07) is 8.38. The number of carbonyl (C=O) groups is 9. The van der Waals surface area contributed by atoms with Gasteiger partial charge in [0.2, 0.25) is 13.6 Å². The van der Waals surface area contributed by atoms with E-state index in [2.05, 4.69) is 83.1 Å². The zero-order chi connectivity index (χ0) is 86.3. The number of aliphatic hydroxyl groups is 5. The molecule has 0 saturated heterocycles. The number of hydrogen-bond acceptors (Lipinski definition) is 22. The lowest BCUT2D eigenvalue weighted by molar-refractivity contribution is -0.260. The summed E-state index contributed by atoms with van der Waals surface area (Å²) in [6.45, 7) is 55.8. The molecule has 0 spiro atoms. The average Bonchev–Trinajstić information content (AvgIpc) is 0.840. The quantitative estimate of drug-likeness (QED) is 0.0198. The van der Waals surface area contributed by atoms with E-state index in [0.717, 1.165) is 87.8 Å². The SMILES string of the molecule is C=C(C)C(=O)O.C=C(C)C(=O)OC12CC3CC(CC(O)(C3)C1)C2.C=C(C)C(=O)OC12CC3CC(O)(CC(O)(C3)C1)C2.C=C(C)C(=O)OC1CC2CCC1C2.C=C(C)C(=O)OCCO.C=CC(=O)OCC(C)O.C=CC(=O)OCCC#N.C=Cc1ccc(C(=O)O)cc1.[C-]#[N+]C.[C-]#[N+]CC1C2CC3CC(C2)CC1(OC(=O)C(=C)C)C3. The van der Waals surface area contributed by atoms with Gasteiger partial charge in [0.1, 0.15) is 42.7 Å². The molecule has 1 aromatic carbocycles. The first kappa shape index (κ1) is 98.6. The van der Waals surface area contributed by atoms with Crippen molar-refractivity contribution in [3.8, 4) is 6.07 Å². The molecule has 0 heterocycles. The summed E-state index contributed by atoms with van der Waals surface area (Å²) >= 11 is 0. The van der Waals surface area contributed by atoms with Crippen molar-refractivity contribution in [3.05, 3.63) is 163 Å². The van der Waals surface area contributed by atoms with Crippen LogP contribution in [0.2, 0.25) is 0 Å². The average molecular weight is 1590 g/mol. The Labute approximate surface area is 672 Å². The third-order valence-corrected chi connectivity index (χ3v) is 21.6. The van der Waals surface area contributed by atoms with Crippen LogP contribution in [0.1, 0.15) is 206 Å². The number of aromatic carboxylic acids is 1. The third-order valence-electron chi connectivity index (χ3n) is 21.6. The van der Waals surface area contributed by atoms with Gasteiger partial charge in [0.05, 0.1) is 53.5 Å². The summed E-state index contributed by atoms with van der Waals surface area (Å²) in [7, 11) is 1.42. The van der Waals surface area contributed by atoms with Crippen LogP contribution in [0.5, 0.6) is 0 Å². The van der Waals surface area contributed by atoms with Crippen molar-refractivity contribution < 1.29 is 112 Å². The smallest absolute Gasteiger partial charge is 0.335 e. The molecule has 0 amide bonds. The number of carboxylic acids is 2. The minimum absolute atomic E-state index is 0.0326. The van der Waals surface area contributed by atoms with Gasteiger partial charge >= 0.3 is 53.7 Å². The van der Waals surface area contributed by atoms with Gasteiger partial charge in [-0.05, 0) is 223 Å². The molecule has 7 N–H and O–H groups in total. The van der Waals surface area contributed by atoms with Crippen molar-refractivity contribution in [2.75, 3.05) is 40.0 Å². The van der Waals surface area contributed by atoms with Gasteiger partial charge in [0.15, 0.2) is 0 Å². The fourth-order valence-electron chi connectivity index (χ4n) is 18.2. The molecule has 26 heteroatoms. The van der Waals surface area contributed by atoms with Gasteiger partial charge in [0.25, 0.3) is 0 Å². The Morgan fingerprint density at radius 2 is 1.00 bits per heavy atom. The molecule has 114 heavy (non-hydrogen) atoms. The first-order chi connectivity index (χ1) is 53.3. The van der Waals surface area contributed by atoms with Crippen molar-refractivity contribution >= 4 is 59.8 Å². The van der Waals surface area contributed by atoms with E-state index in [0.29, 0.717) is 101 Å². The molecule has 14 saturated carbocycles. The van der Waals surface area contributed by atoms with E-state index < -0.39 is 69.9 Å². The van der Waals surface area contributed by atoms with E-state index in [1.165, 1.54) is 65.8 Å². The first-order valence-corrected chi connectivity index (χ1v) is 38.5. The Hall–Kier alpha value is -9.62. The molecule has 15 rings (SSSR count). The van der Waals surface area contributed by atoms with Crippen molar-refractivity contribution in [1.29, 1.82) is 5.26 Å². The Bertz CT molecular complexity index is 3730. The number of carbonyl (C=O) groups excluding carboxylic acids is 7. The van der Waals surface area contributed by atoms with Crippen LogP contribution in [0.15, 0.2) is 129 Å². The molecule has 626 valence electrons. The highest BCUT2D eigenvalue weighted by atomic mass is 16.6. The number of rotatable bonds is 21. The largest absolute Gasteiger partial charge is 0.478 e. The van der Waals surface area contributed by atoms with Gasteiger partial charge in [-0.1, -0.05) is 77.4 Å². The van der Waals surface area contributed by atoms with E-state index >= 15 is 0 Å². The van der Waals surface area contributed by atoms with E-state index in [-0.39, 0.29) is 79.9 Å². The lowest BCUT2D eigenvalue weighted by Crippen LogP contribution is -2.66. The van der Waals surface area contributed by atoms with Gasteiger partial charge in [-0.3, -0.25) is 0 Å². The number of fused-ring (bicyclic) bond motifs is 2. The van der Waals surface area contributed by atoms with Crippen molar-refractivity contribution in [3.63, 3.8) is 0 Å². The maximum Gasteiger partial charge on any atom is 0.335 e. The highest BCUT2D eigenvalue weighted by molar-refractivity contribution is 5.90. The second kappa shape index (κ2) is 45.5. The van der Waals surface area contributed by atoms with Crippen LogP contribution in [0, 0.1) is 77.7 Å². The number of carboxylic acid groups (broad SMARTS) is 2. The third kappa shape index (κ3) is 31.6. The number of hydrogen-bond donors (Lipinski definition) is 7. The van der Waals surface area contributed by atoms with Crippen LogP contribution >= 0.6 is 0 Å². The Morgan fingerprint density at radius 1 is 0.553 bits per heavy atom. The van der Waals surface area contributed by atoms with Gasteiger partial charge < -0.3 is 78.6 Å². The van der Waals surface area contributed by atoms with Gasteiger partial charge in [-0.2, -0.15) is 5.26 Å². The van der Waals surface area contributed by atoms with Crippen molar-refractivity contribution in [2.24, 2.45) is 53.3 Å². The molecular weight excluding hydrogens is 1470 g/mol. The van der Waals surface area contributed by atoms with Crippen molar-refractivity contribution in [1.82, 2.24) is 0 Å². The molecule has 1 aromatic rings. The number of ether oxygens (including phenoxy) is 7. The number of aliphatic hydroxyl groups excluding tert-OH is 2. The molecule has 11 unspecified atom stereocenters. The molecule has 0 aliphatic heterocycles. The van der Waals surface area contributed by atoms with Gasteiger partial charge in [-0.25, -0.2) is 56.3 Å². The number of aliphatic carboxylic acids is 1. The highest BCUT2D eigenvalue weighted by Gasteiger charge is 2.65. The summed E-state index contributed by atoms with van der Waals surface area (Å²) in [4.78, 5) is 104. The lowest BCUT2D eigenvalue weighted by Gasteiger charge is -2.62. The summed E-state index contributed by atoms with van der Waals surface area (Å²) < 4.78 is 35.9. The van der Waals surface area contributed by atoms with Crippen LogP contribution in [0.4, 0.5) is 0 Å². The van der Waals surface area contributed by atoms with Crippen LogP contribution in [0.25, 0.3) is 15.8 Å². The molecule has 26 nitrogen and oxygen atoms in total. The fourth-order valence-corrected chi connectivity index (χ4v) is 18.2. The van der Waals surface area contributed by atoms with Gasteiger partial charge in [0, 0.05) is 71.3 Å². The highest BCUT2D eigenvalue weighted by Crippen LogP contribution is 2.63. The lowest BCUT2D eigenvalue weighted by atomic mass is 9.49. The monoisotopic (exact) mass is 1590 g/mol. The van der Waals surface area contributed by atoms with E-state index in [1.807, 2.05) is 6.07 Å². The maximum absolute atomic E-state index is 12.0. The predicted molar refractivity (Wildman–Crippen MR) is 426 cm³/mol. The predicted octanol–water partition coefficient (Wildman–Crippen LogP) is 13.0. The normalized spacial score (nSPS) is 29.6. The van der Waals surface area contributed by atoms with E-state index in [1.54, 1.807) is 65.0 Å². The van der Waals surface area contributed by atoms with Crippen LogP contribution in [-0.4, -0.2) is 175 Å². The standard InChI is InChI=1S/C16H21NO2.C14H20O4.C14H20O3.C11H16O2.C9H8O2.C6H7NO2.2C6H10O3.C4H6O2.C2H3N/c1-10(2)15(18)19-16-7-11-4-12(8-16)6-13(5-11)14(16)9-17-3;1-9(2)11(15)18-14-5-10-3-12(16,7-14)6-13(17,4-10)8-14;1-9(2)12(15)17-14-6-10-3-11(7-14)5-13(16,4-10)8-14;1-7(2)11(12)13-10-6-8-3-4-9(10)5-8;1-2-7-3-5-8(6-4-7)9(10)11;1-2-6(8)9-5-3-4-7;1-5(2)6(8)9-4-3-7;1-3-6(8)9-4-5(2)7;1-3(2)4(5)6;1-3-2/h11-14H,1,4-9H2,2H3;10,16-17H,1,3-8H2,2H3;10-11,16H,1,3-8H2,2H3;8-10H,1,3-6H2,2H3;2-6H,1H2,(H,10,11);2H,1,3,5H2;7H,1,3-4H2,2H3;3,5,7H,1,4H2,2H3;1H2,2H3,(H,5,6);1H3. The fraction of sp³-hybridized carbons (Fsp3) is 0.591. The minimum atomic E-state index is -0.935. The first-order valence-electron chi connectivity index (χ1n) is 38.5. The minimum Gasteiger partial charge on any atom is -0.478 e. The van der Waals surface area contributed by atoms with Gasteiger partial charge in [-0.15, -0.1) is 0 Å². The van der Waals surface area contributed by atoms with E-state index in [4.69, 9.17) is 57.8 Å². The summed E-state index contributed by atoms with van der Waals surface area (Å²) in [6.07, 6.45) is 23.3. The second-order valence-corrected chi connectivity index (χ2v) is 32.6. The summed E-state index contributed by atoms with van der Waals surface area (Å²) in [5, 5.41) is 72.7. The van der Waals surface area contributed by atoms with Crippen molar-refractivity contribution in [2.45, 2.75) is 236 Å². The topological polar surface area (TPSA) is 392 Å². The molecule has 14 aliphatic carbocycles. The van der Waals surface area contributed by atoms with Crippen LogP contribution < -0.4 is 0 Å². The second-order valence-electron chi connectivity index (χ2n) is 32.6. The molecule has 14 fully saturated rings. The Morgan fingerprint density at radius 3 is 1.39 bits per heavy atom. The Kier molecular flexibility index (Phi) is 39.3. The zero-order valence-electron chi connectivity index (χ0n) is 67.9. The number of benzene rings is 1. The molecule has 14 bridgehead atoms. The molecular formula is C88H121N3O23. The Balaban J connectivity index is 0.000000337.